The van der Waals surface area contributed by atoms with Gasteiger partial charge in [-0.2, -0.15) is 0 Å². The molecule has 35 heavy (non-hydrogen) atoms. The van der Waals surface area contributed by atoms with Crippen LogP contribution < -0.4 is 0 Å². The van der Waals surface area contributed by atoms with E-state index in [4.69, 9.17) is 9.47 Å². The summed E-state index contributed by atoms with van der Waals surface area (Å²) < 4.78 is 11.3. The van der Waals surface area contributed by atoms with Crippen LogP contribution in [-0.4, -0.2) is 86.1 Å². The monoisotopic (exact) mass is 498 g/mol. The Bertz CT molecular complexity index is 836. The van der Waals surface area contributed by atoms with Crippen LogP contribution in [-0.2, 0) is 14.3 Å². The standard InChI is InChI=1S/C26H42O9/c1-23-7-3-8-24(2,22(31)32)16(23)6-9-25-10-14(4-5-17(23)25)26(33,12-25)13-34-21-20(30)19(29)18(28)15(11-27)35-21/h14-21,27-30,33H,3-13H2,1-2H3,(H,31,32)/t14?,15?,16-,17-,18+,19?,20+,21?,23?,24?,25-,26+/m0/s1. The average molecular weight is 499 g/mol. The molecule has 9 nitrogen and oxygen atoms in total. The molecule has 1 saturated heterocycles. The van der Waals surface area contributed by atoms with Gasteiger partial charge in [0.25, 0.3) is 0 Å². The van der Waals surface area contributed by atoms with Crippen LogP contribution in [0, 0.1) is 34.0 Å². The second kappa shape index (κ2) is 8.61. The smallest absolute Gasteiger partial charge is 0.309 e. The summed E-state index contributed by atoms with van der Waals surface area (Å²) in [6.45, 7) is 3.63. The maximum Gasteiger partial charge on any atom is 0.309 e. The van der Waals surface area contributed by atoms with Crippen LogP contribution in [0.25, 0.3) is 0 Å². The lowest BCUT2D eigenvalue weighted by Crippen LogP contribution is -2.59. The van der Waals surface area contributed by atoms with E-state index in [9.17, 15) is 35.4 Å². The van der Waals surface area contributed by atoms with Gasteiger partial charge < -0.3 is 40.1 Å². The second-order valence-electron chi connectivity index (χ2n) is 12.9. The molecule has 4 saturated carbocycles. The maximum absolute atomic E-state index is 12.3. The van der Waals surface area contributed by atoms with Gasteiger partial charge in [0.2, 0.25) is 0 Å². The molecule has 0 amide bonds. The van der Waals surface area contributed by atoms with Crippen molar-refractivity contribution in [3.05, 3.63) is 0 Å². The lowest BCUT2D eigenvalue weighted by atomic mass is 9.41. The summed E-state index contributed by atoms with van der Waals surface area (Å²) in [5.74, 6) is -0.162. The molecule has 0 aromatic carbocycles. The van der Waals surface area contributed by atoms with E-state index in [-0.39, 0.29) is 29.3 Å². The number of rotatable bonds is 5. The largest absolute Gasteiger partial charge is 0.481 e. The lowest BCUT2D eigenvalue weighted by Gasteiger charge is -2.63. The van der Waals surface area contributed by atoms with Crippen LogP contribution in [0.15, 0.2) is 0 Å². The number of hydrogen-bond acceptors (Lipinski definition) is 8. The molecule has 2 bridgehead atoms. The highest BCUT2D eigenvalue weighted by Gasteiger charge is 2.68. The van der Waals surface area contributed by atoms with Crippen molar-refractivity contribution in [2.45, 2.75) is 108 Å². The molecule has 5 rings (SSSR count). The number of carbonyl (C=O) groups is 1. The van der Waals surface area contributed by atoms with Crippen LogP contribution in [0.1, 0.15) is 71.6 Å². The molecule has 6 unspecified atom stereocenters. The third-order valence-corrected chi connectivity index (χ3v) is 11.2. The zero-order chi connectivity index (χ0) is 25.4. The fraction of sp³-hybridized carbons (Fsp3) is 0.962. The lowest BCUT2D eigenvalue weighted by molar-refractivity contribution is -0.310. The van der Waals surface area contributed by atoms with Gasteiger partial charge in [0.15, 0.2) is 6.29 Å². The van der Waals surface area contributed by atoms with Crippen molar-refractivity contribution in [3.8, 4) is 0 Å². The Morgan fingerprint density at radius 3 is 2.43 bits per heavy atom. The summed E-state index contributed by atoms with van der Waals surface area (Å²) >= 11 is 0. The topological polar surface area (TPSA) is 157 Å². The summed E-state index contributed by atoms with van der Waals surface area (Å²) in [5, 5.41) is 61.8. The Balaban J connectivity index is 1.33. The van der Waals surface area contributed by atoms with Crippen LogP contribution in [0.5, 0.6) is 0 Å². The third kappa shape index (κ3) is 3.72. The predicted octanol–water partition coefficient (Wildman–Crippen LogP) is 1.03. The molecule has 1 spiro atoms. The van der Waals surface area contributed by atoms with Gasteiger partial charge in [-0.1, -0.05) is 13.3 Å². The Morgan fingerprint density at radius 1 is 1.00 bits per heavy atom. The molecular formula is C26H42O9. The van der Waals surface area contributed by atoms with Crippen LogP contribution in [0.2, 0.25) is 0 Å². The van der Waals surface area contributed by atoms with Crippen molar-refractivity contribution < 1.29 is 44.9 Å². The van der Waals surface area contributed by atoms with Crippen LogP contribution in [0.4, 0.5) is 0 Å². The summed E-state index contributed by atoms with van der Waals surface area (Å²) in [5.41, 5.74) is -1.94. The SMILES string of the molecule is CC1(C(=O)O)CCCC2(C)[C@@H]1CC[C@@]13CC(CC[C@@H]21)[C@](O)(COC1OC(CO)[C@@H](O)C(O)[C@H]1O)C3. The van der Waals surface area contributed by atoms with Gasteiger partial charge in [-0.05, 0) is 86.9 Å². The molecule has 5 aliphatic rings. The molecule has 0 radical (unpaired) electrons. The van der Waals surface area contributed by atoms with Gasteiger partial charge in [0.1, 0.15) is 24.4 Å². The summed E-state index contributed by atoms with van der Waals surface area (Å²) in [7, 11) is 0. The molecule has 6 N–H and O–H groups in total. The van der Waals surface area contributed by atoms with Crippen molar-refractivity contribution in [2.75, 3.05) is 13.2 Å². The Hall–Kier alpha value is -0.810. The Morgan fingerprint density at radius 2 is 1.74 bits per heavy atom. The van der Waals surface area contributed by atoms with Gasteiger partial charge in [-0.3, -0.25) is 4.79 Å². The molecule has 0 aromatic rings. The molecule has 9 heteroatoms. The van der Waals surface area contributed by atoms with Crippen molar-refractivity contribution in [1.82, 2.24) is 0 Å². The number of ether oxygens (including phenoxy) is 2. The molecule has 0 aromatic heterocycles. The van der Waals surface area contributed by atoms with E-state index >= 15 is 0 Å². The molecule has 12 atom stereocenters. The quantitative estimate of drug-likeness (QED) is 0.326. The van der Waals surface area contributed by atoms with Crippen molar-refractivity contribution in [3.63, 3.8) is 0 Å². The van der Waals surface area contributed by atoms with Crippen LogP contribution >= 0.6 is 0 Å². The van der Waals surface area contributed by atoms with E-state index in [1.54, 1.807) is 0 Å². The number of fused-ring (bicyclic) bond motifs is 3. The summed E-state index contributed by atoms with van der Waals surface area (Å²) in [4.78, 5) is 12.3. The Kier molecular flexibility index (Phi) is 6.35. The van der Waals surface area contributed by atoms with E-state index in [1.165, 1.54) is 0 Å². The van der Waals surface area contributed by atoms with Gasteiger partial charge in [-0.25, -0.2) is 0 Å². The molecule has 1 aliphatic heterocycles. The van der Waals surface area contributed by atoms with Gasteiger partial charge in [-0.15, -0.1) is 0 Å². The number of carboxylic acids is 1. The molecular weight excluding hydrogens is 456 g/mol. The average Bonchev–Trinajstić information content (AvgIpc) is 3.01. The fourth-order valence-electron chi connectivity index (χ4n) is 9.48. The molecule has 5 fully saturated rings. The first-order valence-corrected chi connectivity index (χ1v) is 13.3. The highest BCUT2D eigenvalue weighted by molar-refractivity contribution is 5.75. The zero-order valence-electron chi connectivity index (χ0n) is 20.8. The van der Waals surface area contributed by atoms with E-state index in [2.05, 4.69) is 6.92 Å². The zero-order valence-corrected chi connectivity index (χ0v) is 20.8. The van der Waals surface area contributed by atoms with Gasteiger partial charge in [0.05, 0.1) is 24.2 Å². The summed E-state index contributed by atoms with van der Waals surface area (Å²) in [6.07, 6.45) is 0.910. The van der Waals surface area contributed by atoms with E-state index < -0.39 is 54.3 Å². The summed E-state index contributed by atoms with van der Waals surface area (Å²) in [6, 6.07) is 0. The van der Waals surface area contributed by atoms with E-state index in [1.807, 2.05) is 6.92 Å². The number of hydrogen-bond donors (Lipinski definition) is 6. The highest BCUT2D eigenvalue weighted by atomic mass is 16.7. The maximum atomic E-state index is 12.3. The Labute approximate surface area is 206 Å². The van der Waals surface area contributed by atoms with Crippen molar-refractivity contribution >= 4 is 5.97 Å². The molecule has 1 heterocycles. The first-order chi connectivity index (χ1) is 16.4. The van der Waals surface area contributed by atoms with Gasteiger partial charge >= 0.3 is 5.97 Å². The first-order valence-electron chi connectivity index (χ1n) is 13.3. The molecule has 4 aliphatic carbocycles. The number of carboxylic acid groups (broad SMARTS) is 1. The van der Waals surface area contributed by atoms with Crippen LogP contribution in [0.3, 0.4) is 0 Å². The first kappa shape index (κ1) is 25.8. The minimum Gasteiger partial charge on any atom is -0.481 e. The minimum absolute atomic E-state index is 0.0400. The molecule has 200 valence electrons. The van der Waals surface area contributed by atoms with Crippen molar-refractivity contribution in [1.29, 1.82) is 0 Å². The number of aliphatic hydroxyl groups excluding tert-OH is 4. The number of aliphatic hydroxyl groups is 5. The highest BCUT2D eigenvalue weighted by Crippen LogP contribution is 2.73. The van der Waals surface area contributed by atoms with Crippen molar-refractivity contribution in [2.24, 2.45) is 34.0 Å². The third-order valence-electron chi connectivity index (χ3n) is 11.2. The predicted molar refractivity (Wildman–Crippen MR) is 123 cm³/mol. The number of aliphatic carboxylic acids is 1. The van der Waals surface area contributed by atoms with E-state index in [0.29, 0.717) is 12.3 Å². The minimum atomic E-state index is -1.52. The second-order valence-corrected chi connectivity index (χ2v) is 12.9. The fourth-order valence-corrected chi connectivity index (χ4v) is 9.48. The normalized spacial score (nSPS) is 55.7. The van der Waals surface area contributed by atoms with Gasteiger partial charge in [0, 0.05) is 0 Å². The van der Waals surface area contributed by atoms with E-state index in [0.717, 1.165) is 51.4 Å².